The first kappa shape index (κ1) is 17.9. The molecule has 0 spiro atoms. The van der Waals surface area contributed by atoms with Gasteiger partial charge in [-0.2, -0.15) is 5.26 Å². The summed E-state index contributed by atoms with van der Waals surface area (Å²) in [6.07, 6.45) is 1.13. The summed E-state index contributed by atoms with van der Waals surface area (Å²) >= 11 is 0. The zero-order valence-electron chi connectivity index (χ0n) is 14.5. The quantitative estimate of drug-likeness (QED) is 0.794. The molecule has 0 unspecified atom stereocenters. The predicted molar refractivity (Wildman–Crippen MR) is 88.6 cm³/mol. The van der Waals surface area contributed by atoms with Crippen molar-refractivity contribution < 1.29 is 14.2 Å². The van der Waals surface area contributed by atoms with Crippen LogP contribution < -0.4 is 0 Å². The molecule has 4 heteroatoms. The van der Waals surface area contributed by atoms with E-state index in [1.54, 1.807) is 0 Å². The van der Waals surface area contributed by atoms with Gasteiger partial charge in [-0.1, -0.05) is 37.3 Å². The number of hydrogen-bond donors (Lipinski definition) is 0. The van der Waals surface area contributed by atoms with E-state index in [1.807, 2.05) is 44.2 Å². The normalized spacial score (nSPS) is 29.9. The lowest BCUT2D eigenvalue weighted by Crippen LogP contribution is -2.57. The van der Waals surface area contributed by atoms with Crippen LogP contribution >= 0.6 is 0 Å². The summed E-state index contributed by atoms with van der Waals surface area (Å²) in [5.74, 6) is -0.633. The van der Waals surface area contributed by atoms with E-state index in [0.29, 0.717) is 19.6 Å². The second-order valence-corrected chi connectivity index (χ2v) is 6.93. The number of benzene rings is 1. The number of hydrogen-bond acceptors (Lipinski definition) is 4. The van der Waals surface area contributed by atoms with Gasteiger partial charge in [-0.15, -0.1) is 0 Å². The molecular formula is C19H27NO3. The van der Waals surface area contributed by atoms with Crippen molar-refractivity contribution in [2.75, 3.05) is 6.61 Å². The van der Waals surface area contributed by atoms with E-state index in [4.69, 9.17) is 19.5 Å². The molecule has 3 atom stereocenters. The highest BCUT2D eigenvalue weighted by atomic mass is 16.7. The Bertz CT molecular complexity index is 537. The van der Waals surface area contributed by atoms with Crippen LogP contribution in [0.25, 0.3) is 0 Å². The molecule has 1 saturated heterocycles. The number of ether oxygens (including phenoxy) is 3. The molecule has 2 rings (SSSR count). The van der Waals surface area contributed by atoms with E-state index >= 15 is 0 Å². The summed E-state index contributed by atoms with van der Waals surface area (Å²) in [7, 11) is 0. The minimum absolute atomic E-state index is 0.00456. The van der Waals surface area contributed by atoms with Crippen molar-refractivity contribution in [1.82, 2.24) is 0 Å². The highest BCUT2D eigenvalue weighted by Gasteiger charge is 2.49. The minimum atomic E-state index is -0.633. The van der Waals surface area contributed by atoms with E-state index in [0.717, 1.165) is 12.0 Å². The molecule has 0 saturated carbocycles. The zero-order valence-corrected chi connectivity index (χ0v) is 14.5. The van der Waals surface area contributed by atoms with Crippen LogP contribution in [0.1, 0.15) is 46.1 Å². The van der Waals surface area contributed by atoms with E-state index in [9.17, 15) is 0 Å². The fraction of sp³-hybridized carbons (Fsp3) is 0.632. The van der Waals surface area contributed by atoms with E-state index in [-0.39, 0.29) is 17.6 Å². The third-order valence-corrected chi connectivity index (χ3v) is 4.71. The summed E-state index contributed by atoms with van der Waals surface area (Å²) < 4.78 is 18.0. The standard InChI is InChI=1S/C19H27NO3/c1-15-19(4,11-8-12-20)17(23-18(2,3)22-15)14-21-13-16-9-6-5-7-10-16/h5-7,9-10,15,17H,8,11,13-14H2,1-4H3/t15-,17+,19-/m1/s1. The average Bonchev–Trinajstić information content (AvgIpc) is 2.51. The van der Waals surface area contributed by atoms with E-state index < -0.39 is 5.79 Å². The molecule has 0 bridgehead atoms. The minimum Gasteiger partial charge on any atom is -0.374 e. The predicted octanol–water partition coefficient (Wildman–Crippen LogP) is 4.05. The van der Waals surface area contributed by atoms with Gasteiger partial charge >= 0.3 is 0 Å². The fourth-order valence-corrected chi connectivity index (χ4v) is 3.10. The number of rotatable bonds is 6. The molecule has 4 nitrogen and oxygen atoms in total. The van der Waals surface area contributed by atoms with Crippen LogP contribution in [0.15, 0.2) is 30.3 Å². The van der Waals surface area contributed by atoms with Crippen LogP contribution in [-0.2, 0) is 20.8 Å². The maximum Gasteiger partial charge on any atom is 0.163 e. The molecule has 0 amide bonds. The van der Waals surface area contributed by atoms with Crippen LogP contribution in [0.5, 0.6) is 0 Å². The Hall–Kier alpha value is -1.41. The van der Waals surface area contributed by atoms with Gasteiger partial charge in [0.25, 0.3) is 0 Å². The summed E-state index contributed by atoms with van der Waals surface area (Å²) in [4.78, 5) is 0. The van der Waals surface area contributed by atoms with Gasteiger partial charge in [0, 0.05) is 11.8 Å². The van der Waals surface area contributed by atoms with Gasteiger partial charge in [-0.25, -0.2) is 0 Å². The lowest BCUT2D eigenvalue weighted by atomic mass is 9.74. The SMILES string of the molecule is C[C@H]1OC(C)(C)O[C@@H](COCc2ccccc2)[C@]1(C)CCC#N. The van der Waals surface area contributed by atoms with E-state index in [1.165, 1.54) is 0 Å². The first-order valence-corrected chi connectivity index (χ1v) is 8.21. The van der Waals surface area contributed by atoms with Gasteiger partial charge in [0.1, 0.15) is 0 Å². The Morgan fingerprint density at radius 1 is 1.17 bits per heavy atom. The average molecular weight is 317 g/mol. The van der Waals surface area contributed by atoms with Gasteiger partial charge in [-0.05, 0) is 32.8 Å². The first-order valence-electron chi connectivity index (χ1n) is 8.21. The Labute approximate surface area is 139 Å². The van der Waals surface area contributed by atoms with Gasteiger partial charge < -0.3 is 14.2 Å². The monoisotopic (exact) mass is 317 g/mol. The van der Waals surface area contributed by atoms with Crippen molar-refractivity contribution in [3.63, 3.8) is 0 Å². The third-order valence-electron chi connectivity index (χ3n) is 4.71. The second-order valence-electron chi connectivity index (χ2n) is 6.93. The highest BCUT2D eigenvalue weighted by Crippen LogP contribution is 2.43. The van der Waals surface area contributed by atoms with Crippen LogP contribution in [0, 0.1) is 16.7 Å². The molecule has 126 valence electrons. The van der Waals surface area contributed by atoms with Crippen LogP contribution in [0.2, 0.25) is 0 Å². The van der Waals surface area contributed by atoms with Crippen molar-refractivity contribution >= 4 is 0 Å². The molecule has 1 aliphatic heterocycles. The first-order chi connectivity index (χ1) is 10.9. The molecule has 0 radical (unpaired) electrons. The van der Waals surface area contributed by atoms with Crippen molar-refractivity contribution in [3.05, 3.63) is 35.9 Å². The Balaban J connectivity index is 2.03. The van der Waals surface area contributed by atoms with Gasteiger partial charge in [0.05, 0.1) is 31.5 Å². The molecule has 0 aromatic heterocycles. The zero-order chi connectivity index (χ0) is 16.9. The Morgan fingerprint density at radius 3 is 2.52 bits per heavy atom. The van der Waals surface area contributed by atoms with Gasteiger partial charge in [0.2, 0.25) is 0 Å². The molecule has 0 N–H and O–H groups in total. The van der Waals surface area contributed by atoms with Crippen LogP contribution in [0.4, 0.5) is 0 Å². The van der Waals surface area contributed by atoms with Gasteiger partial charge in [0.15, 0.2) is 5.79 Å². The molecule has 1 aromatic rings. The molecule has 1 aliphatic rings. The molecule has 23 heavy (non-hydrogen) atoms. The Morgan fingerprint density at radius 2 is 1.87 bits per heavy atom. The lowest BCUT2D eigenvalue weighted by molar-refractivity contribution is -0.348. The summed E-state index contributed by atoms with van der Waals surface area (Å²) in [6, 6.07) is 12.3. The van der Waals surface area contributed by atoms with Gasteiger partial charge in [-0.3, -0.25) is 0 Å². The molecule has 1 fully saturated rings. The maximum atomic E-state index is 8.95. The highest BCUT2D eigenvalue weighted by molar-refractivity contribution is 5.13. The van der Waals surface area contributed by atoms with Crippen molar-refractivity contribution in [2.45, 2.75) is 65.1 Å². The summed E-state index contributed by atoms with van der Waals surface area (Å²) in [5.41, 5.74) is 0.910. The molecule has 1 aromatic carbocycles. The Kier molecular flexibility index (Phi) is 5.80. The third kappa shape index (κ3) is 4.54. The largest absolute Gasteiger partial charge is 0.374 e. The number of nitrogens with zero attached hydrogens (tertiary/aromatic N) is 1. The van der Waals surface area contributed by atoms with Crippen LogP contribution in [0.3, 0.4) is 0 Å². The van der Waals surface area contributed by atoms with Crippen molar-refractivity contribution in [2.24, 2.45) is 5.41 Å². The summed E-state index contributed by atoms with van der Waals surface area (Å²) in [6.45, 7) is 9.10. The van der Waals surface area contributed by atoms with Crippen LogP contribution in [-0.4, -0.2) is 24.6 Å². The summed E-state index contributed by atoms with van der Waals surface area (Å²) in [5, 5.41) is 8.95. The topological polar surface area (TPSA) is 51.5 Å². The molecule has 0 aliphatic carbocycles. The fourth-order valence-electron chi connectivity index (χ4n) is 3.10. The molecule has 1 heterocycles. The van der Waals surface area contributed by atoms with E-state index in [2.05, 4.69) is 19.9 Å². The van der Waals surface area contributed by atoms with Crippen molar-refractivity contribution in [3.8, 4) is 6.07 Å². The number of nitriles is 1. The lowest BCUT2D eigenvalue weighted by Gasteiger charge is -2.51. The smallest absolute Gasteiger partial charge is 0.163 e. The second kappa shape index (κ2) is 7.44. The molecular weight excluding hydrogens is 290 g/mol. The van der Waals surface area contributed by atoms with Crippen molar-refractivity contribution in [1.29, 1.82) is 5.26 Å². The maximum absolute atomic E-state index is 8.95.